The molecule has 2 unspecified atom stereocenters. The minimum absolute atomic E-state index is 0.387. The molecule has 0 bridgehead atoms. The number of phenolic OH excluding ortho intramolecular Hbond substituents is 1. The van der Waals surface area contributed by atoms with Gasteiger partial charge in [0.05, 0.1) is 0 Å². The van der Waals surface area contributed by atoms with Gasteiger partial charge in [0.2, 0.25) is 0 Å². The van der Waals surface area contributed by atoms with E-state index in [4.69, 9.17) is 0 Å². The van der Waals surface area contributed by atoms with Crippen LogP contribution in [0.25, 0.3) is 0 Å². The van der Waals surface area contributed by atoms with Crippen molar-refractivity contribution in [2.24, 2.45) is 5.92 Å². The van der Waals surface area contributed by atoms with Crippen molar-refractivity contribution in [1.29, 1.82) is 0 Å². The molecule has 3 heteroatoms. The lowest BCUT2D eigenvalue weighted by Crippen LogP contribution is -2.43. The van der Waals surface area contributed by atoms with Gasteiger partial charge >= 0.3 is 0 Å². The number of aromatic hydroxyl groups is 1. The van der Waals surface area contributed by atoms with Gasteiger partial charge in [-0.25, -0.2) is 0 Å². The Bertz CT molecular complexity index is 435. The number of hydrogen-bond acceptors (Lipinski definition) is 3. The Kier molecular flexibility index (Phi) is 5.06. The molecule has 0 radical (unpaired) electrons. The summed E-state index contributed by atoms with van der Waals surface area (Å²) in [4.78, 5) is 2.30. The first-order valence-corrected chi connectivity index (χ1v) is 7.70. The minimum Gasteiger partial charge on any atom is -0.508 e. The lowest BCUT2D eigenvalue weighted by atomic mass is 9.87. The maximum Gasteiger partial charge on any atom is 0.115 e. The SMILES string of the molecule is CC(C)C(CNC1CCCc2cc(O)ccc21)N(C)C. The number of benzene rings is 1. The van der Waals surface area contributed by atoms with Gasteiger partial charge in [-0.15, -0.1) is 0 Å². The number of fused-ring (bicyclic) bond motifs is 1. The van der Waals surface area contributed by atoms with Gasteiger partial charge in [-0.3, -0.25) is 0 Å². The van der Waals surface area contributed by atoms with E-state index in [1.165, 1.54) is 24.0 Å². The normalized spacial score (nSPS) is 20.2. The third kappa shape index (κ3) is 3.53. The number of nitrogens with zero attached hydrogens (tertiary/aromatic N) is 1. The molecule has 112 valence electrons. The van der Waals surface area contributed by atoms with Crippen LogP contribution in [-0.2, 0) is 6.42 Å². The van der Waals surface area contributed by atoms with Gasteiger partial charge in [0.1, 0.15) is 5.75 Å². The Morgan fingerprint density at radius 3 is 2.75 bits per heavy atom. The van der Waals surface area contributed by atoms with Crippen LogP contribution in [0.2, 0.25) is 0 Å². The molecule has 0 saturated heterocycles. The van der Waals surface area contributed by atoms with Crippen LogP contribution in [0, 0.1) is 5.92 Å². The van der Waals surface area contributed by atoms with E-state index in [0.717, 1.165) is 13.0 Å². The summed E-state index contributed by atoms with van der Waals surface area (Å²) in [6, 6.07) is 6.81. The molecule has 0 amide bonds. The molecular weight excluding hydrogens is 248 g/mol. The third-order valence-electron chi connectivity index (χ3n) is 4.45. The lowest BCUT2D eigenvalue weighted by Gasteiger charge is -2.32. The van der Waals surface area contributed by atoms with E-state index in [-0.39, 0.29) is 0 Å². The molecule has 2 rings (SSSR count). The Morgan fingerprint density at radius 2 is 2.10 bits per heavy atom. The zero-order valence-electron chi connectivity index (χ0n) is 13.2. The van der Waals surface area contributed by atoms with Crippen LogP contribution in [-0.4, -0.2) is 36.7 Å². The number of likely N-dealkylation sites (N-methyl/N-ethyl adjacent to an activating group) is 1. The van der Waals surface area contributed by atoms with E-state index in [9.17, 15) is 5.11 Å². The molecule has 1 aliphatic carbocycles. The average molecular weight is 276 g/mol. The predicted molar refractivity (Wildman–Crippen MR) is 84.1 cm³/mol. The highest BCUT2D eigenvalue weighted by Crippen LogP contribution is 2.31. The van der Waals surface area contributed by atoms with Crippen molar-refractivity contribution in [2.75, 3.05) is 20.6 Å². The van der Waals surface area contributed by atoms with Crippen molar-refractivity contribution in [3.63, 3.8) is 0 Å². The Balaban J connectivity index is 2.05. The molecule has 0 fully saturated rings. The molecule has 3 nitrogen and oxygen atoms in total. The zero-order valence-corrected chi connectivity index (χ0v) is 13.2. The topological polar surface area (TPSA) is 35.5 Å². The summed E-state index contributed by atoms with van der Waals surface area (Å²) < 4.78 is 0. The van der Waals surface area contributed by atoms with Crippen LogP contribution in [0.1, 0.15) is 43.9 Å². The van der Waals surface area contributed by atoms with Gasteiger partial charge in [0.15, 0.2) is 0 Å². The number of aryl methyl sites for hydroxylation is 1. The fourth-order valence-electron chi connectivity index (χ4n) is 3.29. The average Bonchev–Trinajstić information content (AvgIpc) is 2.37. The van der Waals surface area contributed by atoms with Gasteiger partial charge in [0.25, 0.3) is 0 Å². The van der Waals surface area contributed by atoms with Gasteiger partial charge in [-0.05, 0) is 62.5 Å². The Hall–Kier alpha value is -1.06. The van der Waals surface area contributed by atoms with Gasteiger partial charge in [-0.1, -0.05) is 19.9 Å². The second-order valence-electron chi connectivity index (χ2n) is 6.51. The van der Waals surface area contributed by atoms with Crippen molar-refractivity contribution in [3.05, 3.63) is 29.3 Å². The zero-order chi connectivity index (χ0) is 14.7. The fraction of sp³-hybridized carbons (Fsp3) is 0.647. The maximum atomic E-state index is 9.61. The minimum atomic E-state index is 0.387. The van der Waals surface area contributed by atoms with Crippen LogP contribution in [0.3, 0.4) is 0 Å². The van der Waals surface area contributed by atoms with Crippen LogP contribution >= 0.6 is 0 Å². The molecular formula is C17H28N2O. The van der Waals surface area contributed by atoms with E-state index in [1.54, 1.807) is 0 Å². The van der Waals surface area contributed by atoms with Crippen molar-refractivity contribution in [1.82, 2.24) is 10.2 Å². The second kappa shape index (κ2) is 6.59. The summed E-state index contributed by atoms with van der Waals surface area (Å²) in [6.45, 7) is 5.56. The van der Waals surface area contributed by atoms with E-state index in [1.807, 2.05) is 12.1 Å². The molecule has 0 heterocycles. The molecule has 1 aromatic rings. The van der Waals surface area contributed by atoms with Crippen molar-refractivity contribution >= 4 is 0 Å². The van der Waals surface area contributed by atoms with E-state index in [2.05, 4.69) is 44.2 Å². The first kappa shape index (κ1) is 15.3. The van der Waals surface area contributed by atoms with E-state index < -0.39 is 0 Å². The molecule has 20 heavy (non-hydrogen) atoms. The van der Waals surface area contributed by atoms with E-state index >= 15 is 0 Å². The number of nitrogens with one attached hydrogen (secondary N) is 1. The smallest absolute Gasteiger partial charge is 0.115 e. The molecule has 1 aromatic carbocycles. The quantitative estimate of drug-likeness (QED) is 0.868. The maximum absolute atomic E-state index is 9.61. The number of phenols is 1. The Labute approximate surface area is 123 Å². The van der Waals surface area contributed by atoms with Crippen LogP contribution in [0.4, 0.5) is 0 Å². The summed E-state index contributed by atoms with van der Waals surface area (Å²) in [5.41, 5.74) is 2.68. The summed E-state index contributed by atoms with van der Waals surface area (Å²) in [6.07, 6.45) is 3.47. The highest BCUT2D eigenvalue weighted by atomic mass is 16.3. The van der Waals surface area contributed by atoms with Crippen molar-refractivity contribution in [2.45, 2.75) is 45.2 Å². The molecule has 0 aromatic heterocycles. The largest absolute Gasteiger partial charge is 0.508 e. The molecule has 0 spiro atoms. The summed E-state index contributed by atoms with van der Waals surface area (Å²) in [5, 5.41) is 13.3. The molecule has 2 N–H and O–H groups in total. The highest BCUT2D eigenvalue weighted by molar-refractivity contribution is 5.38. The predicted octanol–water partition coefficient (Wildman–Crippen LogP) is 2.95. The van der Waals surface area contributed by atoms with Crippen LogP contribution < -0.4 is 5.32 Å². The molecule has 2 atom stereocenters. The van der Waals surface area contributed by atoms with E-state index in [0.29, 0.717) is 23.8 Å². The lowest BCUT2D eigenvalue weighted by molar-refractivity contribution is 0.216. The molecule has 0 saturated carbocycles. The van der Waals surface area contributed by atoms with Gasteiger partial charge in [-0.2, -0.15) is 0 Å². The second-order valence-corrected chi connectivity index (χ2v) is 6.51. The van der Waals surface area contributed by atoms with Crippen molar-refractivity contribution < 1.29 is 5.11 Å². The van der Waals surface area contributed by atoms with Gasteiger partial charge < -0.3 is 15.3 Å². The first-order chi connectivity index (χ1) is 9.49. The summed E-state index contributed by atoms with van der Waals surface area (Å²) in [7, 11) is 4.30. The highest BCUT2D eigenvalue weighted by Gasteiger charge is 2.22. The van der Waals surface area contributed by atoms with Crippen LogP contribution in [0.5, 0.6) is 5.75 Å². The van der Waals surface area contributed by atoms with Crippen molar-refractivity contribution in [3.8, 4) is 5.75 Å². The molecule has 1 aliphatic rings. The summed E-state index contributed by atoms with van der Waals surface area (Å²) >= 11 is 0. The summed E-state index contributed by atoms with van der Waals surface area (Å²) in [5.74, 6) is 1.03. The van der Waals surface area contributed by atoms with Crippen LogP contribution in [0.15, 0.2) is 18.2 Å². The Morgan fingerprint density at radius 1 is 1.35 bits per heavy atom. The standard InChI is InChI=1S/C17H28N2O/c1-12(2)17(19(3)4)11-18-16-7-5-6-13-10-14(20)8-9-15(13)16/h8-10,12,16-18,20H,5-7,11H2,1-4H3. The third-order valence-corrected chi connectivity index (χ3v) is 4.45. The number of hydrogen-bond donors (Lipinski definition) is 2. The van der Waals surface area contributed by atoms with Gasteiger partial charge in [0, 0.05) is 18.6 Å². The first-order valence-electron chi connectivity index (χ1n) is 7.70. The fourth-order valence-corrected chi connectivity index (χ4v) is 3.29. The number of rotatable bonds is 5. The monoisotopic (exact) mass is 276 g/mol. The molecule has 0 aliphatic heterocycles.